The summed E-state index contributed by atoms with van der Waals surface area (Å²) >= 11 is 4.36. The fraction of sp³-hybridized carbons (Fsp3) is 0.200. The van der Waals surface area contributed by atoms with Crippen LogP contribution < -0.4 is 5.32 Å². The number of benzene rings is 2. The molecule has 3 rings (SSSR count). The van der Waals surface area contributed by atoms with E-state index in [-0.39, 0.29) is 0 Å². The molecule has 18 heavy (non-hydrogen) atoms. The fourth-order valence-corrected chi connectivity index (χ4v) is 3.92. The van der Waals surface area contributed by atoms with Gasteiger partial charge in [-0.1, -0.05) is 30.3 Å². The Morgan fingerprint density at radius 2 is 2.00 bits per heavy atom. The van der Waals surface area contributed by atoms with Crippen molar-refractivity contribution < 1.29 is 0 Å². The molecule has 1 atom stereocenters. The lowest BCUT2D eigenvalue weighted by Crippen LogP contribution is -2.18. The van der Waals surface area contributed by atoms with Crippen LogP contribution in [-0.4, -0.2) is 5.75 Å². The largest absolute Gasteiger partial charge is 0.377 e. The van der Waals surface area contributed by atoms with Crippen molar-refractivity contribution in [3.63, 3.8) is 0 Å². The van der Waals surface area contributed by atoms with Crippen LogP contribution >= 0.6 is 34.4 Å². The summed E-state index contributed by atoms with van der Waals surface area (Å²) in [5, 5.41) is 3.65. The maximum absolute atomic E-state index is 3.65. The number of anilines is 1. The first-order chi connectivity index (χ1) is 8.83. The molecule has 0 amide bonds. The maximum atomic E-state index is 3.65. The fourth-order valence-electron chi connectivity index (χ4n) is 2.28. The molecule has 1 unspecified atom stereocenters. The van der Waals surface area contributed by atoms with Gasteiger partial charge in [0.2, 0.25) is 0 Å². The Balaban J connectivity index is 1.86. The van der Waals surface area contributed by atoms with E-state index in [1.807, 2.05) is 11.8 Å². The van der Waals surface area contributed by atoms with Gasteiger partial charge in [0.15, 0.2) is 0 Å². The SMILES string of the molecule is Ic1cccc(NC2CSCc3ccccc32)c1. The van der Waals surface area contributed by atoms with Gasteiger partial charge in [0, 0.05) is 20.8 Å². The summed E-state index contributed by atoms with van der Waals surface area (Å²) < 4.78 is 1.27. The molecule has 0 aromatic heterocycles. The number of hydrogen-bond donors (Lipinski definition) is 1. The van der Waals surface area contributed by atoms with E-state index in [0.717, 1.165) is 11.5 Å². The molecule has 1 N–H and O–H groups in total. The Kier molecular flexibility index (Phi) is 3.80. The summed E-state index contributed by atoms with van der Waals surface area (Å²) in [6, 6.07) is 17.8. The van der Waals surface area contributed by atoms with Gasteiger partial charge in [-0.05, 0) is 51.9 Å². The van der Waals surface area contributed by atoms with Gasteiger partial charge in [0.25, 0.3) is 0 Å². The summed E-state index contributed by atoms with van der Waals surface area (Å²) in [5.74, 6) is 2.28. The highest BCUT2D eigenvalue weighted by Crippen LogP contribution is 2.33. The van der Waals surface area contributed by atoms with E-state index in [0.29, 0.717) is 6.04 Å². The molecular weight excluding hydrogens is 353 g/mol. The van der Waals surface area contributed by atoms with Gasteiger partial charge in [-0.3, -0.25) is 0 Å². The van der Waals surface area contributed by atoms with Gasteiger partial charge in [0.05, 0.1) is 6.04 Å². The van der Waals surface area contributed by atoms with Crippen molar-refractivity contribution in [2.75, 3.05) is 11.1 Å². The van der Waals surface area contributed by atoms with E-state index < -0.39 is 0 Å². The van der Waals surface area contributed by atoms with Crippen LogP contribution in [0, 0.1) is 3.57 Å². The van der Waals surface area contributed by atoms with Crippen molar-refractivity contribution in [1.29, 1.82) is 0 Å². The zero-order chi connectivity index (χ0) is 12.4. The van der Waals surface area contributed by atoms with E-state index in [1.54, 1.807) is 0 Å². The molecule has 0 saturated heterocycles. The minimum absolute atomic E-state index is 0.429. The number of rotatable bonds is 2. The third-order valence-corrected chi connectivity index (χ3v) is 4.89. The minimum atomic E-state index is 0.429. The van der Waals surface area contributed by atoms with Crippen LogP contribution in [0.15, 0.2) is 48.5 Å². The summed E-state index contributed by atoms with van der Waals surface area (Å²) in [4.78, 5) is 0. The molecule has 2 aromatic rings. The van der Waals surface area contributed by atoms with Crippen molar-refractivity contribution in [2.45, 2.75) is 11.8 Å². The Morgan fingerprint density at radius 3 is 2.89 bits per heavy atom. The quantitative estimate of drug-likeness (QED) is 0.773. The summed E-state index contributed by atoms with van der Waals surface area (Å²) in [7, 11) is 0. The topological polar surface area (TPSA) is 12.0 Å². The lowest BCUT2D eigenvalue weighted by Gasteiger charge is -2.27. The van der Waals surface area contributed by atoms with Gasteiger partial charge < -0.3 is 5.32 Å². The molecule has 0 spiro atoms. The van der Waals surface area contributed by atoms with Gasteiger partial charge >= 0.3 is 0 Å². The van der Waals surface area contributed by atoms with Gasteiger partial charge in [-0.15, -0.1) is 0 Å². The molecular formula is C15H14INS. The van der Waals surface area contributed by atoms with Crippen LogP contribution in [0.2, 0.25) is 0 Å². The predicted octanol–water partition coefficient (Wildman–Crippen LogP) is 4.69. The molecule has 3 heteroatoms. The molecule has 0 fully saturated rings. The highest BCUT2D eigenvalue weighted by molar-refractivity contribution is 14.1. The second-order valence-corrected chi connectivity index (χ2v) is 6.70. The Morgan fingerprint density at radius 1 is 1.11 bits per heavy atom. The Bertz CT molecular complexity index is 556. The molecule has 0 radical (unpaired) electrons. The van der Waals surface area contributed by atoms with Crippen LogP contribution in [0.1, 0.15) is 17.2 Å². The van der Waals surface area contributed by atoms with Crippen molar-refractivity contribution in [1.82, 2.24) is 0 Å². The van der Waals surface area contributed by atoms with Crippen LogP contribution in [0.25, 0.3) is 0 Å². The molecule has 0 bridgehead atoms. The van der Waals surface area contributed by atoms with Crippen molar-refractivity contribution in [2.24, 2.45) is 0 Å². The summed E-state index contributed by atoms with van der Waals surface area (Å²) in [6.07, 6.45) is 0. The summed E-state index contributed by atoms with van der Waals surface area (Å²) in [6.45, 7) is 0. The average Bonchev–Trinajstić information content (AvgIpc) is 2.39. The van der Waals surface area contributed by atoms with Crippen LogP contribution in [0.4, 0.5) is 5.69 Å². The van der Waals surface area contributed by atoms with Crippen molar-refractivity contribution in [3.8, 4) is 0 Å². The van der Waals surface area contributed by atoms with Gasteiger partial charge in [-0.2, -0.15) is 11.8 Å². The molecule has 92 valence electrons. The normalized spacial score (nSPS) is 18.2. The lowest BCUT2D eigenvalue weighted by molar-refractivity contribution is 0.871. The van der Waals surface area contributed by atoms with E-state index in [9.17, 15) is 0 Å². The average molecular weight is 367 g/mol. The zero-order valence-electron chi connectivity index (χ0n) is 9.90. The van der Waals surface area contributed by atoms with Gasteiger partial charge in [-0.25, -0.2) is 0 Å². The summed E-state index contributed by atoms with van der Waals surface area (Å²) in [5.41, 5.74) is 4.14. The van der Waals surface area contributed by atoms with Gasteiger partial charge in [0.1, 0.15) is 0 Å². The highest BCUT2D eigenvalue weighted by atomic mass is 127. The van der Waals surface area contributed by atoms with Crippen LogP contribution in [0.5, 0.6) is 0 Å². The molecule has 0 saturated carbocycles. The van der Waals surface area contributed by atoms with Crippen molar-refractivity contribution in [3.05, 3.63) is 63.2 Å². The van der Waals surface area contributed by atoms with Crippen molar-refractivity contribution >= 4 is 40.0 Å². The third kappa shape index (κ3) is 2.67. The highest BCUT2D eigenvalue weighted by Gasteiger charge is 2.19. The van der Waals surface area contributed by atoms with E-state index in [4.69, 9.17) is 0 Å². The predicted molar refractivity (Wildman–Crippen MR) is 88.1 cm³/mol. The lowest BCUT2D eigenvalue weighted by atomic mass is 10.0. The minimum Gasteiger partial charge on any atom is -0.377 e. The molecule has 1 heterocycles. The first kappa shape index (κ1) is 12.4. The molecule has 1 aliphatic heterocycles. The first-order valence-electron chi connectivity index (χ1n) is 6.00. The number of fused-ring (bicyclic) bond motifs is 1. The first-order valence-corrected chi connectivity index (χ1v) is 8.24. The molecule has 1 aliphatic rings. The van der Waals surface area contributed by atoms with Crippen LogP contribution in [-0.2, 0) is 5.75 Å². The molecule has 1 nitrogen and oxygen atoms in total. The Labute approximate surface area is 126 Å². The Hall–Kier alpha value is -0.680. The van der Waals surface area contributed by atoms with E-state index in [1.165, 1.54) is 20.4 Å². The monoisotopic (exact) mass is 367 g/mol. The second kappa shape index (κ2) is 5.53. The smallest absolute Gasteiger partial charge is 0.0607 e. The third-order valence-electron chi connectivity index (χ3n) is 3.14. The number of halogens is 1. The number of hydrogen-bond acceptors (Lipinski definition) is 2. The molecule has 2 aromatic carbocycles. The van der Waals surface area contributed by atoms with Crippen LogP contribution in [0.3, 0.4) is 0 Å². The number of nitrogens with one attached hydrogen (secondary N) is 1. The standard InChI is InChI=1S/C15H14INS/c16-12-5-3-6-13(8-12)17-15-10-18-9-11-4-1-2-7-14(11)15/h1-8,15,17H,9-10H2. The maximum Gasteiger partial charge on any atom is 0.0607 e. The second-order valence-electron chi connectivity index (χ2n) is 4.42. The zero-order valence-corrected chi connectivity index (χ0v) is 12.9. The number of thioether (sulfide) groups is 1. The molecule has 0 aliphatic carbocycles. The van der Waals surface area contributed by atoms with E-state index >= 15 is 0 Å². The van der Waals surface area contributed by atoms with E-state index in [2.05, 4.69) is 76.4 Å².